The van der Waals surface area contributed by atoms with Crippen LogP contribution in [0.3, 0.4) is 0 Å². The van der Waals surface area contributed by atoms with Gasteiger partial charge in [0.2, 0.25) is 6.79 Å². The second-order valence-electron chi connectivity index (χ2n) is 5.74. The summed E-state index contributed by atoms with van der Waals surface area (Å²) in [6.07, 6.45) is 0. The molecule has 0 unspecified atom stereocenters. The predicted molar refractivity (Wildman–Crippen MR) is 111 cm³/mol. The first-order chi connectivity index (χ1) is 13.0. The van der Waals surface area contributed by atoms with E-state index in [1.54, 1.807) is 13.1 Å². The topological polar surface area (TPSA) is 77.0 Å². The summed E-state index contributed by atoms with van der Waals surface area (Å²) in [4.78, 5) is 8.53. The smallest absolute Gasteiger partial charge is 0.387 e. The predicted octanol–water partition coefficient (Wildman–Crippen LogP) is 3.20. The van der Waals surface area contributed by atoms with E-state index in [9.17, 15) is 8.78 Å². The Morgan fingerprint density at radius 2 is 1.93 bits per heavy atom. The minimum Gasteiger partial charge on any atom is -0.454 e. The normalized spacial score (nSPS) is 12.5. The number of fused-ring (bicyclic) bond motifs is 1. The van der Waals surface area contributed by atoms with Crippen LogP contribution in [0, 0.1) is 6.92 Å². The van der Waals surface area contributed by atoms with E-state index >= 15 is 0 Å². The molecule has 152 valence electrons. The molecule has 0 saturated carbocycles. The van der Waals surface area contributed by atoms with Crippen LogP contribution in [0.5, 0.6) is 17.2 Å². The van der Waals surface area contributed by atoms with Crippen LogP contribution in [0.2, 0.25) is 0 Å². The fourth-order valence-electron chi connectivity index (χ4n) is 2.58. The summed E-state index contributed by atoms with van der Waals surface area (Å²) < 4.78 is 40.5. The number of aromatic nitrogens is 1. The van der Waals surface area contributed by atoms with Crippen molar-refractivity contribution in [2.24, 2.45) is 4.99 Å². The van der Waals surface area contributed by atoms with Gasteiger partial charge in [-0.2, -0.15) is 8.78 Å². The van der Waals surface area contributed by atoms with Crippen molar-refractivity contribution in [1.29, 1.82) is 0 Å². The number of hydrogen-bond acceptors (Lipinski definition) is 5. The Kier molecular flexibility index (Phi) is 8.03. The van der Waals surface area contributed by atoms with Crippen LogP contribution in [0.4, 0.5) is 8.78 Å². The fourth-order valence-corrected chi connectivity index (χ4v) is 2.58. The number of nitrogens with zero attached hydrogens (tertiary/aromatic N) is 2. The second kappa shape index (κ2) is 10.2. The van der Waals surface area contributed by atoms with Crippen LogP contribution in [0.25, 0.3) is 0 Å². The molecular formula is C18H21F2IN4O3. The van der Waals surface area contributed by atoms with Crippen molar-refractivity contribution in [1.82, 2.24) is 15.6 Å². The Bertz CT molecular complexity index is 836. The molecule has 0 saturated heterocycles. The lowest BCUT2D eigenvalue weighted by molar-refractivity contribution is -0.0505. The van der Waals surface area contributed by atoms with Gasteiger partial charge >= 0.3 is 6.61 Å². The number of aliphatic imine (C=N–C) groups is 1. The number of ether oxygens (including phenoxy) is 3. The molecule has 1 aromatic carbocycles. The number of alkyl halides is 2. The summed E-state index contributed by atoms with van der Waals surface area (Å²) in [7, 11) is 1.62. The molecule has 7 nitrogen and oxygen atoms in total. The zero-order valence-electron chi connectivity index (χ0n) is 15.4. The van der Waals surface area contributed by atoms with E-state index in [4.69, 9.17) is 9.47 Å². The molecule has 2 N–H and O–H groups in total. The van der Waals surface area contributed by atoms with E-state index in [2.05, 4.69) is 25.3 Å². The first-order valence-corrected chi connectivity index (χ1v) is 8.29. The van der Waals surface area contributed by atoms with Gasteiger partial charge in [-0.15, -0.1) is 24.0 Å². The summed E-state index contributed by atoms with van der Waals surface area (Å²) in [5.74, 6) is 1.39. The molecular weight excluding hydrogens is 485 g/mol. The highest BCUT2D eigenvalue weighted by Gasteiger charge is 2.20. The molecule has 0 atom stereocenters. The molecule has 2 aromatic rings. The molecule has 1 aliphatic heterocycles. The lowest BCUT2D eigenvalue weighted by Gasteiger charge is -2.15. The molecule has 0 bridgehead atoms. The van der Waals surface area contributed by atoms with E-state index in [0.29, 0.717) is 29.6 Å². The highest BCUT2D eigenvalue weighted by Crippen LogP contribution is 2.38. The molecule has 2 heterocycles. The lowest BCUT2D eigenvalue weighted by atomic mass is 10.1. The third kappa shape index (κ3) is 5.81. The van der Waals surface area contributed by atoms with E-state index in [1.807, 2.05) is 25.1 Å². The largest absolute Gasteiger partial charge is 0.454 e. The Balaban J connectivity index is 0.00000280. The quantitative estimate of drug-likeness (QED) is 0.356. The van der Waals surface area contributed by atoms with Crippen LogP contribution >= 0.6 is 24.0 Å². The zero-order valence-corrected chi connectivity index (χ0v) is 17.7. The van der Waals surface area contributed by atoms with E-state index in [0.717, 1.165) is 11.4 Å². The Labute approximate surface area is 178 Å². The first kappa shape index (κ1) is 21.9. The number of guanidine groups is 1. The number of benzene rings is 1. The molecule has 0 spiro atoms. The molecule has 3 rings (SSSR count). The molecule has 28 heavy (non-hydrogen) atoms. The van der Waals surface area contributed by atoms with E-state index in [1.165, 1.54) is 6.07 Å². The monoisotopic (exact) mass is 506 g/mol. The maximum Gasteiger partial charge on any atom is 0.387 e. The Hall–Kier alpha value is -2.37. The standard InChI is InChI=1S/C18H20F2N4O3.HI/c1-11-4-3-5-13(24-11)9-23-18(21-2)22-8-12-6-15-16(26-10-25-15)7-14(12)27-17(19)20;/h3-7,17H,8-10H2,1-2H3,(H2,21,22,23);1H. The minimum absolute atomic E-state index is 0. The summed E-state index contributed by atoms with van der Waals surface area (Å²) in [6, 6.07) is 8.76. The van der Waals surface area contributed by atoms with Crippen LogP contribution in [-0.4, -0.2) is 31.4 Å². The molecule has 0 amide bonds. The third-order valence-corrected chi connectivity index (χ3v) is 3.82. The molecule has 1 aromatic heterocycles. The molecule has 0 fully saturated rings. The van der Waals surface area contributed by atoms with Gasteiger partial charge in [-0.3, -0.25) is 9.98 Å². The second-order valence-corrected chi connectivity index (χ2v) is 5.74. The van der Waals surface area contributed by atoms with Crippen molar-refractivity contribution < 1.29 is 23.0 Å². The van der Waals surface area contributed by atoms with Gasteiger partial charge in [0, 0.05) is 30.9 Å². The summed E-state index contributed by atoms with van der Waals surface area (Å²) in [6.45, 7) is -0.287. The minimum atomic E-state index is -2.94. The van der Waals surface area contributed by atoms with Crippen LogP contribution in [0.1, 0.15) is 17.0 Å². The number of aryl methyl sites for hydroxylation is 1. The highest BCUT2D eigenvalue weighted by atomic mass is 127. The first-order valence-electron chi connectivity index (χ1n) is 8.29. The molecule has 10 heteroatoms. The van der Waals surface area contributed by atoms with Crippen molar-refractivity contribution in [3.8, 4) is 17.2 Å². The Morgan fingerprint density at radius 1 is 1.21 bits per heavy atom. The van der Waals surface area contributed by atoms with Gasteiger partial charge in [-0.05, 0) is 25.1 Å². The van der Waals surface area contributed by atoms with Gasteiger partial charge in [0.15, 0.2) is 17.5 Å². The fraction of sp³-hybridized carbons (Fsp3) is 0.333. The van der Waals surface area contributed by atoms with Crippen LogP contribution in [0.15, 0.2) is 35.3 Å². The number of pyridine rings is 1. The average molecular weight is 506 g/mol. The number of hydrogen-bond donors (Lipinski definition) is 2. The maximum absolute atomic E-state index is 12.7. The molecule has 1 aliphatic rings. The van der Waals surface area contributed by atoms with Crippen molar-refractivity contribution in [3.05, 3.63) is 47.3 Å². The third-order valence-electron chi connectivity index (χ3n) is 3.82. The van der Waals surface area contributed by atoms with Gasteiger partial charge in [0.25, 0.3) is 0 Å². The van der Waals surface area contributed by atoms with Crippen LogP contribution < -0.4 is 24.8 Å². The van der Waals surface area contributed by atoms with Crippen molar-refractivity contribution >= 4 is 29.9 Å². The van der Waals surface area contributed by atoms with Crippen LogP contribution in [-0.2, 0) is 13.1 Å². The van der Waals surface area contributed by atoms with E-state index < -0.39 is 6.61 Å². The van der Waals surface area contributed by atoms with Crippen molar-refractivity contribution in [2.75, 3.05) is 13.8 Å². The number of halogens is 3. The van der Waals surface area contributed by atoms with Gasteiger partial charge in [-0.25, -0.2) is 0 Å². The SMILES string of the molecule is CN=C(NCc1cccc(C)n1)NCc1cc2c(cc1OC(F)F)OCO2.I. The number of rotatable bonds is 6. The van der Waals surface area contributed by atoms with Gasteiger partial charge in [-0.1, -0.05) is 6.07 Å². The summed E-state index contributed by atoms with van der Waals surface area (Å²) >= 11 is 0. The Morgan fingerprint density at radius 3 is 2.61 bits per heavy atom. The lowest BCUT2D eigenvalue weighted by Crippen LogP contribution is -2.36. The molecule has 0 radical (unpaired) electrons. The molecule has 0 aliphatic carbocycles. The highest BCUT2D eigenvalue weighted by molar-refractivity contribution is 14.0. The van der Waals surface area contributed by atoms with Gasteiger partial charge in [0.1, 0.15) is 5.75 Å². The van der Waals surface area contributed by atoms with Gasteiger partial charge in [0.05, 0.1) is 12.2 Å². The maximum atomic E-state index is 12.7. The van der Waals surface area contributed by atoms with Crippen molar-refractivity contribution in [3.63, 3.8) is 0 Å². The summed E-state index contributed by atoms with van der Waals surface area (Å²) in [5, 5.41) is 6.19. The zero-order chi connectivity index (χ0) is 19.2. The van der Waals surface area contributed by atoms with Gasteiger partial charge < -0.3 is 24.8 Å². The van der Waals surface area contributed by atoms with E-state index in [-0.39, 0.29) is 43.1 Å². The van der Waals surface area contributed by atoms with Crippen molar-refractivity contribution in [2.45, 2.75) is 26.6 Å². The average Bonchev–Trinajstić information content (AvgIpc) is 3.08. The number of nitrogens with one attached hydrogen (secondary N) is 2. The summed E-state index contributed by atoms with van der Waals surface area (Å²) in [5.41, 5.74) is 2.28.